The molecule has 0 unspecified atom stereocenters. The van der Waals surface area contributed by atoms with E-state index in [0.29, 0.717) is 6.54 Å². The van der Waals surface area contributed by atoms with Crippen molar-refractivity contribution in [2.45, 2.75) is 6.54 Å². The molecule has 0 saturated heterocycles. The first-order chi connectivity index (χ1) is 12.1. The molecule has 0 spiro atoms. The van der Waals surface area contributed by atoms with Gasteiger partial charge in [0.25, 0.3) is 5.91 Å². The van der Waals surface area contributed by atoms with E-state index in [9.17, 15) is 13.6 Å². The van der Waals surface area contributed by atoms with Crippen molar-refractivity contribution in [1.82, 2.24) is 20.5 Å². The average Bonchev–Trinajstić information content (AvgIpc) is 2.64. The maximum atomic E-state index is 13.6. The number of rotatable bonds is 5. The molecule has 1 aromatic carbocycles. The van der Waals surface area contributed by atoms with Gasteiger partial charge in [0.2, 0.25) is 0 Å². The Bertz CT molecular complexity index is 852. The SMILES string of the molecule is O=C(NCc1ccncc1)c1ccc(Nc2c(F)cccc2F)nn1. The van der Waals surface area contributed by atoms with Crippen molar-refractivity contribution >= 4 is 17.4 Å². The Labute approximate surface area is 141 Å². The van der Waals surface area contributed by atoms with Gasteiger partial charge in [0.15, 0.2) is 11.5 Å². The molecule has 0 aliphatic carbocycles. The highest BCUT2D eigenvalue weighted by Crippen LogP contribution is 2.21. The first-order valence-electron chi connectivity index (χ1n) is 7.35. The monoisotopic (exact) mass is 341 g/mol. The van der Waals surface area contributed by atoms with Crippen molar-refractivity contribution in [3.05, 3.63) is 77.8 Å². The number of aromatic nitrogens is 3. The predicted molar refractivity (Wildman–Crippen MR) is 87.1 cm³/mol. The minimum Gasteiger partial charge on any atom is -0.347 e. The summed E-state index contributed by atoms with van der Waals surface area (Å²) in [5.41, 5.74) is 0.657. The third kappa shape index (κ3) is 4.11. The molecule has 3 rings (SSSR count). The maximum Gasteiger partial charge on any atom is 0.272 e. The van der Waals surface area contributed by atoms with Crippen molar-refractivity contribution in [2.24, 2.45) is 0 Å². The second-order valence-electron chi connectivity index (χ2n) is 5.06. The lowest BCUT2D eigenvalue weighted by atomic mass is 10.2. The van der Waals surface area contributed by atoms with E-state index in [4.69, 9.17) is 0 Å². The molecule has 1 amide bonds. The summed E-state index contributed by atoms with van der Waals surface area (Å²) >= 11 is 0. The molecule has 8 heteroatoms. The zero-order chi connectivity index (χ0) is 17.6. The van der Waals surface area contributed by atoms with E-state index in [0.717, 1.165) is 17.7 Å². The number of amides is 1. The molecule has 0 saturated carbocycles. The van der Waals surface area contributed by atoms with Crippen molar-refractivity contribution in [1.29, 1.82) is 0 Å². The van der Waals surface area contributed by atoms with Crippen LogP contribution in [0, 0.1) is 11.6 Å². The Hall–Kier alpha value is -3.42. The van der Waals surface area contributed by atoms with Gasteiger partial charge in [0.1, 0.15) is 17.3 Å². The van der Waals surface area contributed by atoms with Gasteiger partial charge >= 0.3 is 0 Å². The van der Waals surface area contributed by atoms with Crippen molar-refractivity contribution in [3.63, 3.8) is 0 Å². The molecule has 0 fully saturated rings. The molecular formula is C17H13F2N5O. The van der Waals surface area contributed by atoms with Crippen LogP contribution < -0.4 is 10.6 Å². The van der Waals surface area contributed by atoms with Gasteiger partial charge in [-0.25, -0.2) is 8.78 Å². The highest BCUT2D eigenvalue weighted by atomic mass is 19.1. The van der Waals surface area contributed by atoms with Crippen molar-refractivity contribution < 1.29 is 13.6 Å². The quantitative estimate of drug-likeness (QED) is 0.746. The molecule has 2 N–H and O–H groups in total. The Morgan fingerprint density at radius 3 is 2.32 bits per heavy atom. The van der Waals surface area contributed by atoms with E-state index >= 15 is 0 Å². The molecule has 6 nitrogen and oxygen atoms in total. The number of carbonyl (C=O) groups is 1. The molecule has 126 valence electrons. The van der Waals surface area contributed by atoms with Crippen LogP contribution in [0.3, 0.4) is 0 Å². The number of nitrogens with one attached hydrogen (secondary N) is 2. The summed E-state index contributed by atoms with van der Waals surface area (Å²) in [6.07, 6.45) is 3.26. The lowest BCUT2D eigenvalue weighted by molar-refractivity contribution is 0.0945. The lowest BCUT2D eigenvalue weighted by Gasteiger charge is -2.08. The topological polar surface area (TPSA) is 79.8 Å². The van der Waals surface area contributed by atoms with Gasteiger partial charge in [-0.15, -0.1) is 10.2 Å². The minimum absolute atomic E-state index is 0.0913. The van der Waals surface area contributed by atoms with E-state index in [1.54, 1.807) is 24.5 Å². The number of para-hydroxylation sites is 1. The highest BCUT2D eigenvalue weighted by molar-refractivity contribution is 5.92. The Balaban J connectivity index is 1.64. The summed E-state index contributed by atoms with van der Waals surface area (Å²) in [6.45, 7) is 0.323. The van der Waals surface area contributed by atoms with Crippen LogP contribution in [0.25, 0.3) is 0 Å². The third-order valence-electron chi connectivity index (χ3n) is 3.32. The van der Waals surface area contributed by atoms with Gasteiger partial charge in [0.05, 0.1) is 0 Å². The summed E-state index contributed by atoms with van der Waals surface area (Å²) in [4.78, 5) is 15.9. The third-order valence-corrected chi connectivity index (χ3v) is 3.32. The van der Waals surface area contributed by atoms with Gasteiger partial charge in [-0.1, -0.05) is 6.07 Å². The summed E-state index contributed by atoms with van der Waals surface area (Å²) in [5.74, 6) is -1.79. The number of carbonyl (C=O) groups excluding carboxylic acids is 1. The molecule has 2 aromatic heterocycles. The van der Waals surface area contributed by atoms with Gasteiger partial charge in [0, 0.05) is 18.9 Å². The van der Waals surface area contributed by atoms with Crippen LogP contribution in [0.2, 0.25) is 0 Å². The number of benzene rings is 1. The minimum atomic E-state index is -0.749. The van der Waals surface area contributed by atoms with Gasteiger partial charge in [-0.2, -0.15) is 0 Å². The molecular weight excluding hydrogens is 328 g/mol. The summed E-state index contributed by atoms with van der Waals surface area (Å²) < 4.78 is 27.2. The second-order valence-corrected chi connectivity index (χ2v) is 5.06. The molecule has 2 heterocycles. The summed E-state index contributed by atoms with van der Waals surface area (Å²) in [7, 11) is 0. The number of hydrogen-bond donors (Lipinski definition) is 2. The van der Waals surface area contributed by atoms with Crippen LogP contribution in [-0.2, 0) is 6.54 Å². The number of halogens is 2. The zero-order valence-corrected chi connectivity index (χ0v) is 12.9. The van der Waals surface area contributed by atoms with E-state index in [2.05, 4.69) is 25.8 Å². The van der Waals surface area contributed by atoms with Crippen LogP contribution >= 0.6 is 0 Å². The lowest BCUT2D eigenvalue weighted by Crippen LogP contribution is -2.24. The first kappa shape index (κ1) is 16.4. The molecule has 25 heavy (non-hydrogen) atoms. The van der Waals surface area contributed by atoms with E-state index in [1.807, 2.05) is 0 Å². The first-order valence-corrected chi connectivity index (χ1v) is 7.35. The van der Waals surface area contributed by atoms with Crippen LogP contribution in [0.1, 0.15) is 16.1 Å². The van der Waals surface area contributed by atoms with Gasteiger partial charge < -0.3 is 10.6 Å². The van der Waals surface area contributed by atoms with Gasteiger partial charge in [-0.3, -0.25) is 9.78 Å². The Kier molecular flexibility index (Phi) is 4.89. The van der Waals surface area contributed by atoms with Crippen LogP contribution in [-0.4, -0.2) is 21.1 Å². The molecule has 0 radical (unpaired) electrons. The number of pyridine rings is 1. The average molecular weight is 341 g/mol. The number of nitrogens with zero attached hydrogens (tertiary/aromatic N) is 3. The predicted octanol–water partition coefficient (Wildman–Crippen LogP) is 2.82. The fourth-order valence-corrected chi connectivity index (χ4v) is 2.04. The second kappa shape index (κ2) is 7.43. The van der Waals surface area contributed by atoms with Gasteiger partial charge in [-0.05, 0) is 42.0 Å². The van der Waals surface area contributed by atoms with Crippen LogP contribution in [0.15, 0.2) is 54.9 Å². The fourth-order valence-electron chi connectivity index (χ4n) is 2.04. The molecule has 0 aliphatic rings. The number of hydrogen-bond acceptors (Lipinski definition) is 5. The molecule has 0 atom stereocenters. The van der Waals surface area contributed by atoms with Crippen molar-refractivity contribution in [2.75, 3.05) is 5.32 Å². The van der Waals surface area contributed by atoms with Crippen LogP contribution in [0.5, 0.6) is 0 Å². The van der Waals surface area contributed by atoms with Crippen LogP contribution in [0.4, 0.5) is 20.3 Å². The normalized spacial score (nSPS) is 10.3. The Morgan fingerprint density at radius 2 is 1.68 bits per heavy atom. The standard InChI is InChI=1S/C17H13F2N5O/c18-12-2-1-3-13(19)16(12)22-15-5-4-14(23-24-15)17(25)21-10-11-6-8-20-9-7-11/h1-9H,10H2,(H,21,25)(H,22,24). The maximum absolute atomic E-state index is 13.6. The largest absolute Gasteiger partial charge is 0.347 e. The fraction of sp³-hybridized carbons (Fsp3) is 0.0588. The summed E-state index contributed by atoms with van der Waals surface area (Å²) in [6, 6.07) is 9.90. The summed E-state index contributed by atoms with van der Waals surface area (Å²) in [5, 5.41) is 12.7. The Morgan fingerprint density at radius 1 is 0.960 bits per heavy atom. The van der Waals surface area contributed by atoms with E-state index in [1.165, 1.54) is 18.2 Å². The van der Waals surface area contributed by atoms with E-state index in [-0.39, 0.29) is 17.2 Å². The molecule has 0 bridgehead atoms. The van der Waals surface area contributed by atoms with Crippen molar-refractivity contribution in [3.8, 4) is 0 Å². The van der Waals surface area contributed by atoms with E-state index < -0.39 is 17.5 Å². The highest BCUT2D eigenvalue weighted by Gasteiger charge is 2.11. The number of anilines is 2. The zero-order valence-electron chi connectivity index (χ0n) is 12.9. The molecule has 3 aromatic rings. The molecule has 0 aliphatic heterocycles. The smallest absolute Gasteiger partial charge is 0.272 e.